The van der Waals surface area contributed by atoms with Crippen LogP contribution in [0.1, 0.15) is 24.8 Å². The Balaban J connectivity index is 1.61. The van der Waals surface area contributed by atoms with Gasteiger partial charge >= 0.3 is 6.18 Å². The minimum atomic E-state index is -4.78. The number of hydrogen-bond donors (Lipinski definition) is 1. The number of alkyl halides is 3. The molecular formula is C18H23F3N2O4S. The van der Waals surface area contributed by atoms with Crippen molar-refractivity contribution in [3.05, 3.63) is 29.8 Å². The lowest BCUT2D eigenvalue weighted by Gasteiger charge is -2.33. The molecule has 2 aliphatic heterocycles. The zero-order valence-electron chi connectivity index (χ0n) is 15.4. The van der Waals surface area contributed by atoms with Gasteiger partial charge in [-0.15, -0.1) is 0 Å². The van der Waals surface area contributed by atoms with E-state index in [4.69, 9.17) is 0 Å². The molecule has 3 rings (SSSR count). The van der Waals surface area contributed by atoms with Crippen LogP contribution in [0.5, 0.6) is 0 Å². The standard InChI is InChI=1S/C18H23F3N2O4S/c1-13-2-4-15(5-3-13)28(26,27)23-9-6-14(7-10-23)16(24)22-11-8-17(25,12-22)18(19,20)21/h2-5,14,25H,6-12H2,1H3. The lowest BCUT2D eigenvalue weighted by atomic mass is 9.96. The third-order valence-electron chi connectivity index (χ3n) is 5.55. The number of aryl methyl sites for hydroxylation is 1. The van der Waals surface area contributed by atoms with Crippen molar-refractivity contribution in [2.24, 2.45) is 5.92 Å². The molecule has 0 spiro atoms. The molecule has 2 heterocycles. The number of hydrogen-bond acceptors (Lipinski definition) is 4. The van der Waals surface area contributed by atoms with Gasteiger partial charge in [-0.3, -0.25) is 4.79 Å². The molecule has 1 atom stereocenters. The van der Waals surface area contributed by atoms with Crippen molar-refractivity contribution < 1.29 is 31.5 Å². The SMILES string of the molecule is Cc1ccc(S(=O)(=O)N2CCC(C(=O)N3CCC(O)(C(F)(F)F)C3)CC2)cc1. The molecule has 2 saturated heterocycles. The van der Waals surface area contributed by atoms with Gasteiger partial charge in [-0.25, -0.2) is 8.42 Å². The fourth-order valence-electron chi connectivity index (χ4n) is 3.67. The van der Waals surface area contributed by atoms with E-state index in [9.17, 15) is 31.5 Å². The summed E-state index contributed by atoms with van der Waals surface area (Å²) in [7, 11) is -3.67. The first-order chi connectivity index (χ1) is 12.9. The van der Waals surface area contributed by atoms with Crippen LogP contribution in [-0.4, -0.2) is 66.6 Å². The molecule has 0 bridgehead atoms. The van der Waals surface area contributed by atoms with Gasteiger partial charge in [-0.2, -0.15) is 17.5 Å². The number of aliphatic hydroxyl groups is 1. The molecule has 1 aromatic rings. The number of sulfonamides is 1. The molecule has 2 fully saturated rings. The van der Waals surface area contributed by atoms with Crippen LogP contribution in [0.4, 0.5) is 13.2 Å². The van der Waals surface area contributed by atoms with Crippen LogP contribution in [0, 0.1) is 12.8 Å². The van der Waals surface area contributed by atoms with Crippen LogP contribution in [0.25, 0.3) is 0 Å². The largest absolute Gasteiger partial charge is 0.419 e. The molecule has 6 nitrogen and oxygen atoms in total. The van der Waals surface area contributed by atoms with Crippen molar-refractivity contribution >= 4 is 15.9 Å². The summed E-state index contributed by atoms with van der Waals surface area (Å²) in [6.45, 7) is 1.19. The van der Waals surface area contributed by atoms with E-state index < -0.39 is 46.6 Å². The van der Waals surface area contributed by atoms with Crippen molar-refractivity contribution in [1.29, 1.82) is 0 Å². The number of β-amino-alcohol motifs (C(OH)–C–C–N with tert-alkyl or cyclic N) is 1. The van der Waals surface area contributed by atoms with Crippen LogP contribution in [0.3, 0.4) is 0 Å². The zero-order valence-corrected chi connectivity index (χ0v) is 16.3. The molecule has 0 saturated carbocycles. The summed E-state index contributed by atoms with van der Waals surface area (Å²) in [6.07, 6.45) is -4.84. The number of halogens is 3. The molecule has 1 aromatic carbocycles. The molecule has 28 heavy (non-hydrogen) atoms. The second-order valence-corrected chi connectivity index (χ2v) is 9.47. The van der Waals surface area contributed by atoms with Crippen molar-refractivity contribution in [2.75, 3.05) is 26.2 Å². The van der Waals surface area contributed by atoms with Gasteiger partial charge in [0.2, 0.25) is 15.9 Å². The van der Waals surface area contributed by atoms with E-state index in [1.165, 1.54) is 16.4 Å². The first-order valence-corrected chi connectivity index (χ1v) is 10.5. The topological polar surface area (TPSA) is 77.9 Å². The number of benzene rings is 1. The molecule has 10 heteroatoms. The summed E-state index contributed by atoms with van der Waals surface area (Å²) in [4.78, 5) is 13.8. The molecule has 1 unspecified atom stereocenters. The van der Waals surface area contributed by atoms with E-state index in [1.54, 1.807) is 12.1 Å². The predicted molar refractivity (Wildman–Crippen MR) is 94.9 cm³/mol. The third kappa shape index (κ3) is 3.90. The maximum atomic E-state index is 12.9. The van der Waals surface area contributed by atoms with Crippen LogP contribution in [0.15, 0.2) is 29.2 Å². The summed E-state index contributed by atoms with van der Waals surface area (Å²) in [5.41, 5.74) is -1.93. The van der Waals surface area contributed by atoms with Crippen LogP contribution < -0.4 is 0 Å². The van der Waals surface area contributed by atoms with Crippen LogP contribution in [-0.2, 0) is 14.8 Å². The van der Waals surface area contributed by atoms with Gasteiger partial charge in [0.25, 0.3) is 0 Å². The summed E-state index contributed by atoms with van der Waals surface area (Å²) in [6, 6.07) is 6.48. The number of nitrogens with zero attached hydrogens (tertiary/aromatic N) is 2. The smallest absolute Gasteiger partial charge is 0.379 e. The fraction of sp³-hybridized carbons (Fsp3) is 0.611. The number of carbonyl (C=O) groups is 1. The molecule has 0 aliphatic carbocycles. The van der Waals surface area contributed by atoms with Gasteiger partial charge in [0.15, 0.2) is 5.60 Å². The molecule has 1 amide bonds. The minimum Gasteiger partial charge on any atom is -0.379 e. The number of amides is 1. The lowest BCUT2D eigenvalue weighted by molar-refractivity contribution is -0.253. The summed E-state index contributed by atoms with van der Waals surface area (Å²) < 4.78 is 65.5. The van der Waals surface area contributed by atoms with Crippen molar-refractivity contribution in [2.45, 2.75) is 42.9 Å². The molecule has 0 radical (unpaired) electrons. The Morgan fingerprint density at radius 3 is 2.21 bits per heavy atom. The summed E-state index contributed by atoms with van der Waals surface area (Å²) in [5.74, 6) is -0.993. The van der Waals surface area contributed by atoms with E-state index in [1.807, 2.05) is 6.92 Å². The third-order valence-corrected chi connectivity index (χ3v) is 7.46. The number of likely N-dealkylation sites (tertiary alicyclic amines) is 1. The van der Waals surface area contributed by atoms with Gasteiger partial charge in [-0.1, -0.05) is 17.7 Å². The number of carbonyl (C=O) groups excluding carboxylic acids is 1. The molecular weight excluding hydrogens is 397 g/mol. The molecule has 156 valence electrons. The lowest BCUT2D eigenvalue weighted by Crippen LogP contribution is -2.49. The highest BCUT2D eigenvalue weighted by molar-refractivity contribution is 7.89. The van der Waals surface area contributed by atoms with Gasteiger partial charge in [0.1, 0.15) is 0 Å². The highest BCUT2D eigenvalue weighted by Crippen LogP contribution is 2.38. The zero-order chi connectivity index (χ0) is 20.7. The van der Waals surface area contributed by atoms with E-state index in [-0.39, 0.29) is 37.4 Å². The average Bonchev–Trinajstić information content (AvgIpc) is 3.05. The van der Waals surface area contributed by atoms with Crippen molar-refractivity contribution in [1.82, 2.24) is 9.21 Å². The summed E-state index contributed by atoms with van der Waals surface area (Å²) >= 11 is 0. The first-order valence-electron chi connectivity index (χ1n) is 9.09. The monoisotopic (exact) mass is 420 g/mol. The normalized spacial score (nSPS) is 25.2. The Hall–Kier alpha value is -1.65. The Morgan fingerprint density at radius 1 is 1.14 bits per heavy atom. The molecule has 0 aromatic heterocycles. The van der Waals surface area contributed by atoms with E-state index >= 15 is 0 Å². The minimum absolute atomic E-state index is 0.129. The van der Waals surface area contributed by atoms with Gasteiger partial charge in [0.05, 0.1) is 11.4 Å². The quantitative estimate of drug-likeness (QED) is 0.811. The Morgan fingerprint density at radius 2 is 1.71 bits per heavy atom. The second kappa shape index (κ2) is 7.31. The highest BCUT2D eigenvalue weighted by Gasteiger charge is 2.58. The highest BCUT2D eigenvalue weighted by atomic mass is 32.2. The van der Waals surface area contributed by atoms with E-state index in [0.717, 1.165) is 10.5 Å². The van der Waals surface area contributed by atoms with Gasteiger partial charge in [-0.05, 0) is 31.9 Å². The number of piperidine rings is 1. The maximum Gasteiger partial charge on any atom is 0.419 e. The molecule has 1 N–H and O–H groups in total. The van der Waals surface area contributed by atoms with E-state index in [0.29, 0.717) is 0 Å². The van der Waals surface area contributed by atoms with Crippen molar-refractivity contribution in [3.63, 3.8) is 0 Å². The average molecular weight is 420 g/mol. The summed E-state index contributed by atoms with van der Waals surface area (Å²) in [5, 5.41) is 9.73. The van der Waals surface area contributed by atoms with Crippen molar-refractivity contribution in [3.8, 4) is 0 Å². The second-order valence-electron chi connectivity index (χ2n) is 7.53. The van der Waals surface area contributed by atoms with Crippen LogP contribution >= 0.6 is 0 Å². The first kappa shape index (κ1) is 21.1. The Bertz CT molecular complexity index is 833. The fourth-order valence-corrected chi connectivity index (χ4v) is 5.14. The molecule has 2 aliphatic rings. The van der Waals surface area contributed by atoms with Gasteiger partial charge in [0, 0.05) is 32.0 Å². The Labute approximate surface area is 162 Å². The van der Waals surface area contributed by atoms with Crippen LogP contribution in [0.2, 0.25) is 0 Å². The maximum absolute atomic E-state index is 12.9. The Kier molecular flexibility index (Phi) is 5.50. The van der Waals surface area contributed by atoms with Gasteiger partial charge < -0.3 is 10.0 Å². The predicted octanol–water partition coefficient (Wildman–Crippen LogP) is 1.92. The van der Waals surface area contributed by atoms with E-state index in [2.05, 4.69) is 0 Å². The number of rotatable bonds is 3.